The second-order valence-electron chi connectivity index (χ2n) is 7.78. The van der Waals surface area contributed by atoms with Gasteiger partial charge in [0.2, 0.25) is 5.91 Å². The fourth-order valence-electron chi connectivity index (χ4n) is 4.07. The van der Waals surface area contributed by atoms with Crippen LogP contribution < -0.4 is 10.2 Å². The van der Waals surface area contributed by atoms with Gasteiger partial charge in [0.05, 0.1) is 0 Å². The van der Waals surface area contributed by atoms with Gasteiger partial charge in [0.25, 0.3) is 0 Å². The van der Waals surface area contributed by atoms with Crippen LogP contribution in [0.4, 0.5) is 5.69 Å². The molecule has 0 saturated heterocycles. The van der Waals surface area contributed by atoms with Crippen molar-refractivity contribution in [2.75, 3.05) is 11.4 Å². The zero-order valence-electron chi connectivity index (χ0n) is 16.9. The Morgan fingerprint density at radius 2 is 1.74 bits per heavy atom. The van der Waals surface area contributed by atoms with E-state index < -0.39 is 0 Å². The van der Waals surface area contributed by atoms with Crippen LogP contribution >= 0.6 is 0 Å². The van der Waals surface area contributed by atoms with Crippen LogP contribution in [0.15, 0.2) is 48.5 Å². The fraction of sp³-hybridized carbons (Fsp3) is 0.458. The summed E-state index contributed by atoms with van der Waals surface area (Å²) in [6.07, 6.45) is 5.93. The van der Waals surface area contributed by atoms with Crippen LogP contribution in [0, 0.1) is 13.8 Å². The predicted octanol–water partition coefficient (Wildman–Crippen LogP) is 5.32. The molecule has 1 aliphatic rings. The number of hydrogen-bond donors (Lipinski definition) is 1. The van der Waals surface area contributed by atoms with Gasteiger partial charge in [-0.15, -0.1) is 0 Å². The molecule has 27 heavy (non-hydrogen) atoms. The van der Waals surface area contributed by atoms with Crippen LogP contribution in [0.5, 0.6) is 0 Å². The number of benzene rings is 2. The maximum atomic E-state index is 13.4. The first-order valence-corrected chi connectivity index (χ1v) is 10.3. The molecule has 0 aliphatic heterocycles. The Hall–Kier alpha value is -2.29. The van der Waals surface area contributed by atoms with E-state index >= 15 is 0 Å². The molecule has 2 aromatic rings. The van der Waals surface area contributed by atoms with Crippen LogP contribution in [0.1, 0.15) is 61.8 Å². The summed E-state index contributed by atoms with van der Waals surface area (Å²) in [5.74, 6) is 0.120. The van der Waals surface area contributed by atoms with E-state index in [1.165, 1.54) is 30.4 Å². The summed E-state index contributed by atoms with van der Waals surface area (Å²) in [6, 6.07) is 16.8. The molecule has 1 fully saturated rings. The molecule has 0 radical (unpaired) electrons. The lowest BCUT2D eigenvalue weighted by molar-refractivity contribution is -0.123. The van der Waals surface area contributed by atoms with Gasteiger partial charge < -0.3 is 10.2 Å². The average molecular weight is 365 g/mol. The summed E-state index contributed by atoms with van der Waals surface area (Å²) in [4.78, 5) is 15.6. The minimum absolute atomic E-state index is 0.120. The van der Waals surface area contributed by atoms with Crippen molar-refractivity contribution < 1.29 is 4.79 Å². The van der Waals surface area contributed by atoms with Gasteiger partial charge in [0.15, 0.2) is 0 Å². The molecule has 1 atom stereocenters. The molecule has 0 aromatic heterocycles. The standard InChI is InChI=1S/C24H32N2O/c1-4-26(22-12-8-9-19(3)17-22)23(20-15-13-18(2)14-16-20)24(27)25-21-10-6-5-7-11-21/h8-9,12-17,21,23H,4-7,10-11H2,1-3H3,(H,25,27)/t23-/m1/s1. The molecule has 1 saturated carbocycles. The van der Waals surface area contributed by atoms with E-state index in [1.54, 1.807) is 0 Å². The molecule has 3 rings (SSSR count). The topological polar surface area (TPSA) is 32.3 Å². The molecule has 144 valence electrons. The first kappa shape index (κ1) is 19.5. The zero-order valence-corrected chi connectivity index (χ0v) is 16.9. The lowest BCUT2D eigenvalue weighted by Gasteiger charge is -2.34. The molecule has 0 spiro atoms. The molecule has 1 N–H and O–H groups in total. The highest BCUT2D eigenvalue weighted by Gasteiger charge is 2.29. The van der Waals surface area contributed by atoms with Gasteiger partial charge in [0, 0.05) is 18.3 Å². The SMILES string of the molecule is CCN(c1cccc(C)c1)[C@@H](C(=O)NC1CCCCC1)c1ccc(C)cc1. The van der Waals surface area contributed by atoms with Crippen molar-refractivity contribution in [1.29, 1.82) is 0 Å². The third-order valence-electron chi connectivity index (χ3n) is 5.58. The fourth-order valence-corrected chi connectivity index (χ4v) is 4.07. The van der Waals surface area contributed by atoms with Crippen molar-refractivity contribution in [2.24, 2.45) is 0 Å². The number of nitrogens with zero attached hydrogens (tertiary/aromatic N) is 1. The van der Waals surface area contributed by atoms with Gasteiger partial charge in [-0.3, -0.25) is 4.79 Å². The lowest BCUT2D eigenvalue weighted by Crippen LogP contribution is -2.45. The van der Waals surface area contributed by atoms with E-state index in [-0.39, 0.29) is 11.9 Å². The summed E-state index contributed by atoms with van der Waals surface area (Å²) in [5, 5.41) is 3.35. The molecule has 3 heteroatoms. The Morgan fingerprint density at radius 3 is 2.37 bits per heavy atom. The molecule has 2 aromatic carbocycles. The van der Waals surface area contributed by atoms with E-state index in [1.807, 2.05) is 0 Å². The van der Waals surface area contributed by atoms with E-state index in [9.17, 15) is 4.79 Å². The molecular weight excluding hydrogens is 332 g/mol. The third kappa shape index (κ3) is 4.91. The Bertz CT molecular complexity index is 747. The van der Waals surface area contributed by atoms with E-state index in [0.717, 1.165) is 30.6 Å². The number of nitrogens with one attached hydrogen (secondary N) is 1. The highest BCUT2D eigenvalue weighted by atomic mass is 16.2. The molecule has 1 aliphatic carbocycles. The van der Waals surface area contributed by atoms with Gasteiger partial charge in [-0.05, 0) is 56.9 Å². The minimum atomic E-state index is -0.306. The summed E-state index contributed by atoms with van der Waals surface area (Å²) in [5.41, 5.74) is 4.57. The van der Waals surface area contributed by atoms with Crippen molar-refractivity contribution in [3.8, 4) is 0 Å². The normalized spacial score (nSPS) is 16.0. The van der Waals surface area contributed by atoms with E-state index in [2.05, 4.69) is 79.5 Å². The highest BCUT2D eigenvalue weighted by molar-refractivity contribution is 5.87. The number of carbonyl (C=O) groups is 1. The van der Waals surface area contributed by atoms with Crippen LogP contribution in [-0.4, -0.2) is 18.5 Å². The van der Waals surface area contributed by atoms with Crippen LogP contribution in [0.2, 0.25) is 0 Å². The van der Waals surface area contributed by atoms with Crippen molar-refractivity contribution >= 4 is 11.6 Å². The maximum Gasteiger partial charge on any atom is 0.247 e. The van der Waals surface area contributed by atoms with E-state index in [0.29, 0.717) is 6.04 Å². The second kappa shape index (κ2) is 9.07. The smallest absolute Gasteiger partial charge is 0.247 e. The van der Waals surface area contributed by atoms with Crippen molar-refractivity contribution in [3.63, 3.8) is 0 Å². The Morgan fingerprint density at radius 1 is 1.04 bits per heavy atom. The van der Waals surface area contributed by atoms with Crippen molar-refractivity contribution in [1.82, 2.24) is 5.32 Å². The van der Waals surface area contributed by atoms with Crippen LogP contribution in [0.3, 0.4) is 0 Å². The summed E-state index contributed by atoms with van der Waals surface area (Å²) >= 11 is 0. The molecule has 1 amide bonds. The average Bonchev–Trinajstić information content (AvgIpc) is 2.67. The number of amides is 1. The third-order valence-corrected chi connectivity index (χ3v) is 5.58. The molecule has 3 nitrogen and oxygen atoms in total. The van der Waals surface area contributed by atoms with E-state index in [4.69, 9.17) is 0 Å². The van der Waals surface area contributed by atoms with Gasteiger partial charge in [0.1, 0.15) is 6.04 Å². The van der Waals surface area contributed by atoms with Crippen LogP contribution in [0.25, 0.3) is 0 Å². The van der Waals surface area contributed by atoms with Gasteiger partial charge >= 0.3 is 0 Å². The van der Waals surface area contributed by atoms with Gasteiger partial charge in [-0.1, -0.05) is 61.2 Å². The summed E-state index contributed by atoms with van der Waals surface area (Å²) < 4.78 is 0. The Kier molecular flexibility index (Phi) is 6.54. The zero-order chi connectivity index (χ0) is 19.2. The molecule has 0 heterocycles. The number of carbonyl (C=O) groups excluding carboxylic acids is 1. The monoisotopic (exact) mass is 364 g/mol. The summed E-state index contributed by atoms with van der Waals surface area (Å²) in [7, 11) is 0. The molecule has 0 unspecified atom stereocenters. The minimum Gasteiger partial charge on any atom is -0.356 e. The van der Waals surface area contributed by atoms with Gasteiger partial charge in [-0.25, -0.2) is 0 Å². The maximum absolute atomic E-state index is 13.4. The number of likely N-dealkylation sites (N-methyl/N-ethyl adjacent to an activating group) is 1. The molecule has 0 bridgehead atoms. The first-order valence-electron chi connectivity index (χ1n) is 10.3. The number of hydrogen-bond acceptors (Lipinski definition) is 2. The summed E-state index contributed by atoms with van der Waals surface area (Å²) in [6.45, 7) is 7.08. The number of aryl methyl sites for hydroxylation is 2. The number of anilines is 1. The first-order chi connectivity index (χ1) is 13.1. The van der Waals surface area contributed by atoms with Crippen molar-refractivity contribution in [3.05, 3.63) is 65.2 Å². The number of rotatable bonds is 6. The van der Waals surface area contributed by atoms with Gasteiger partial charge in [-0.2, -0.15) is 0 Å². The highest BCUT2D eigenvalue weighted by Crippen LogP contribution is 2.29. The van der Waals surface area contributed by atoms with Crippen molar-refractivity contribution in [2.45, 2.75) is 65.0 Å². The lowest BCUT2D eigenvalue weighted by atomic mass is 9.94. The van der Waals surface area contributed by atoms with Crippen LogP contribution in [-0.2, 0) is 4.79 Å². The second-order valence-corrected chi connectivity index (χ2v) is 7.78. The Labute approximate surface area is 163 Å². The quantitative estimate of drug-likeness (QED) is 0.752. The molecular formula is C24H32N2O. The Balaban J connectivity index is 1.92. The predicted molar refractivity (Wildman–Crippen MR) is 113 cm³/mol. The largest absolute Gasteiger partial charge is 0.356 e.